The number of phenolic OH excluding ortho intramolecular Hbond substituents is 1. The van der Waals surface area contributed by atoms with E-state index in [0.717, 1.165) is 11.8 Å². The molecule has 0 saturated carbocycles. The van der Waals surface area contributed by atoms with Crippen LogP contribution in [0.4, 0.5) is 0 Å². The number of carbonyl (C=O) groups excluding carboxylic acids is 1. The molecule has 1 aromatic carbocycles. The number of carbonyl (C=O) groups is 1. The molecule has 0 aliphatic carbocycles. The van der Waals surface area contributed by atoms with E-state index < -0.39 is 11.7 Å². The lowest BCUT2D eigenvalue weighted by atomic mass is 9.88. The summed E-state index contributed by atoms with van der Waals surface area (Å²) in [5.74, 6) is 0.479. The molecule has 2 rings (SSSR count). The molecular formula is C14H18O4S. The zero-order valence-corrected chi connectivity index (χ0v) is 12.3. The van der Waals surface area contributed by atoms with Gasteiger partial charge in [-0.1, -0.05) is 11.8 Å². The zero-order chi connectivity index (χ0) is 14.4. The summed E-state index contributed by atoms with van der Waals surface area (Å²) < 4.78 is 5.73. The van der Waals surface area contributed by atoms with Gasteiger partial charge in [0.15, 0.2) is 0 Å². The van der Waals surface area contributed by atoms with Crippen LogP contribution in [0.3, 0.4) is 0 Å². The summed E-state index contributed by atoms with van der Waals surface area (Å²) in [7, 11) is 0. The largest absolute Gasteiger partial charge is 0.507 e. The molecule has 0 radical (unpaired) electrons. The van der Waals surface area contributed by atoms with E-state index in [1.165, 1.54) is 0 Å². The van der Waals surface area contributed by atoms with Gasteiger partial charge >= 0.3 is 0 Å². The summed E-state index contributed by atoms with van der Waals surface area (Å²) in [4.78, 5) is 11.8. The lowest BCUT2D eigenvalue weighted by Gasteiger charge is -2.37. The third-order valence-corrected chi connectivity index (χ3v) is 4.10. The number of rotatable bonds is 1. The minimum atomic E-state index is -0.717. The fourth-order valence-corrected chi connectivity index (χ4v) is 2.71. The van der Waals surface area contributed by atoms with Crippen molar-refractivity contribution in [1.29, 1.82) is 0 Å². The van der Waals surface area contributed by atoms with Gasteiger partial charge in [-0.3, -0.25) is 4.79 Å². The summed E-state index contributed by atoms with van der Waals surface area (Å²) in [6, 6.07) is 1.76. The lowest BCUT2D eigenvalue weighted by Crippen LogP contribution is -2.46. The first-order valence-corrected chi connectivity index (χ1v) is 7.31. The molecule has 1 unspecified atom stereocenters. The Morgan fingerprint density at radius 1 is 1.53 bits per heavy atom. The summed E-state index contributed by atoms with van der Waals surface area (Å²) in [5.41, 5.74) is 0.802. The number of fused-ring (bicyclic) bond motifs is 1. The fourth-order valence-electron chi connectivity index (χ4n) is 2.25. The Hall–Kier alpha value is -1.20. The molecular weight excluding hydrogens is 264 g/mol. The molecule has 0 spiro atoms. The predicted octanol–water partition coefficient (Wildman–Crippen LogP) is 2.28. The Balaban J connectivity index is 2.58. The molecule has 19 heavy (non-hydrogen) atoms. The molecule has 5 heteroatoms. The van der Waals surface area contributed by atoms with Crippen LogP contribution in [0, 0.1) is 6.92 Å². The van der Waals surface area contributed by atoms with E-state index in [0.29, 0.717) is 22.4 Å². The number of aliphatic hydroxyl groups excluding tert-OH is 1. The molecule has 0 fully saturated rings. The molecule has 1 aliphatic rings. The lowest BCUT2D eigenvalue weighted by molar-refractivity contribution is -0.0417. The van der Waals surface area contributed by atoms with Gasteiger partial charge in [0.25, 0.3) is 0 Å². The average molecular weight is 282 g/mol. The van der Waals surface area contributed by atoms with Crippen molar-refractivity contribution in [3.63, 3.8) is 0 Å². The normalized spacial score (nSPS) is 20.6. The highest BCUT2D eigenvalue weighted by Crippen LogP contribution is 2.42. The second-order valence-corrected chi connectivity index (χ2v) is 6.09. The Kier molecular flexibility index (Phi) is 3.53. The summed E-state index contributed by atoms with van der Waals surface area (Å²) in [6.07, 6.45) is 1.24. The molecule has 4 nitrogen and oxygen atoms in total. The van der Waals surface area contributed by atoms with Crippen molar-refractivity contribution in [2.45, 2.75) is 38.9 Å². The standard InChI is InChI=1S/C14H18O4S/c1-7-5-9-8(6-10(15)14(2,3)18-9)12(16)11(7)13(17)19-4/h5,10,15-16H,6H2,1-4H3. The van der Waals surface area contributed by atoms with Crippen LogP contribution in [0.15, 0.2) is 6.07 Å². The smallest absolute Gasteiger partial charge is 0.223 e. The number of benzene rings is 1. The molecule has 0 saturated heterocycles. The number of ether oxygens (including phenoxy) is 1. The number of aromatic hydroxyl groups is 1. The first-order chi connectivity index (χ1) is 8.77. The summed E-state index contributed by atoms with van der Waals surface area (Å²) >= 11 is 1.06. The van der Waals surface area contributed by atoms with Crippen molar-refractivity contribution in [2.24, 2.45) is 0 Å². The number of aliphatic hydroxyl groups is 1. The Morgan fingerprint density at radius 3 is 2.74 bits per heavy atom. The van der Waals surface area contributed by atoms with Crippen LogP contribution in [-0.4, -0.2) is 33.3 Å². The second-order valence-electron chi connectivity index (χ2n) is 5.31. The highest BCUT2D eigenvalue weighted by atomic mass is 32.2. The minimum Gasteiger partial charge on any atom is -0.507 e. The number of hydrogen-bond acceptors (Lipinski definition) is 5. The fraction of sp³-hybridized carbons (Fsp3) is 0.500. The molecule has 1 aliphatic heterocycles. The number of thioether (sulfide) groups is 1. The van der Waals surface area contributed by atoms with E-state index in [-0.39, 0.29) is 17.3 Å². The number of phenols is 1. The third-order valence-electron chi connectivity index (χ3n) is 3.52. The molecule has 0 bridgehead atoms. The van der Waals surface area contributed by atoms with E-state index >= 15 is 0 Å². The van der Waals surface area contributed by atoms with Crippen molar-refractivity contribution in [1.82, 2.24) is 0 Å². The highest BCUT2D eigenvalue weighted by Gasteiger charge is 2.38. The maximum absolute atomic E-state index is 11.8. The summed E-state index contributed by atoms with van der Waals surface area (Å²) in [6.45, 7) is 5.37. The molecule has 104 valence electrons. The molecule has 0 amide bonds. The van der Waals surface area contributed by atoms with Gasteiger partial charge in [-0.05, 0) is 38.7 Å². The predicted molar refractivity (Wildman–Crippen MR) is 75.1 cm³/mol. The average Bonchev–Trinajstić information content (AvgIpc) is 2.31. The van der Waals surface area contributed by atoms with Crippen LogP contribution < -0.4 is 4.74 Å². The molecule has 1 aromatic rings. The van der Waals surface area contributed by atoms with E-state index in [9.17, 15) is 15.0 Å². The van der Waals surface area contributed by atoms with Crippen LogP contribution in [0.2, 0.25) is 0 Å². The van der Waals surface area contributed by atoms with Gasteiger partial charge in [-0.25, -0.2) is 0 Å². The monoisotopic (exact) mass is 282 g/mol. The van der Waals surface area contributed by atoms with E-state index in [2.05, 4.69) is 0 Å². The van der Waals surface area contributed by atoms with Gasteiger partial charge in [0.2, 0.25) is 5.12 Å². The first kappa shape index (κ1) is 14.2. The van der Waals surface area contributed by atoms with E-state index in [4.69, 9.17) is 4.74 Å². The Labute approximate surface area is 116 Å². The topological polar surface area (TPSA) is 66.8 Å². The molecule has 1 atom stereocenters. The number of aryl methyl sites for hydroxylation is 1. The van der Waals surface area contributed by atoms with Crippen LogP contribution in [0.1, 0.15) is 35.3 Å². The second kappa shape index (κ2) is 4.72. The summed E-state index contributed by atoms with van der Waals surface area (Å²) in [5, 5.41) is 20.1. The van der Waals surface area contributed by atoms with Crippen LogP contribution in [-0.2, 0) is 6.42 Å². The Morgan fingerprint density at radius 2 is 2.16 bits per heavy atom. The SMILES string of the molecule is CSC(=O)c1c(C)cc2c(c1O)CC(O)C(C)(C)O2. The van der Waals surface area contributed by atoms with Crippen LogP contribution in [0.25, 0.3) is 0 Å². The third kappa shape index (κ3) is 2.32. The quantitative estimate of drug-likeness (QED) is 0.827. The maximum Gasteiger partial charge on any atom is 0.223 e. The van der Waals surface area contributed by atoms with Crippen LogP contribution >= 0.6 is 11.8 Å². The molecule has 0 aromatic heterocycles. The van der Waals surface area contributed by atoms with E-state index in [1.807, 2.05) is 0 Å². The van der Waals surface area contributed by atoms with Crippen molar-refractivity contribution in [3.8, 4) is 11.5 Å². The van der Waals surface area contributed by atoms with Crippen molar-refractivity contribution < 1.29 is 19.7 Å². The highest BCUT2D eigenvalue weighted by molar-refractivity contribution is 8.13. The van der Waals surface area contributed by atoms with Gasteiger partial charge < -0.3 is 14.9 Å². The zero-order valence-electron chi connectivity index (χ0n) is 11.5. The number of hydrogen-bond donors (Lipinski definition) is 2. The van der Waals surface area contributed by atoms with Crippen molar-refractivity contribution in [3.05, 3.63) is 22.8 Å². The van der Waals surface area contributed by atoms with Gasteiger partial charge in [0.1, 0.15) is 17.1 Å². The first-order valence-electron chi connectivity index (χ1n) is 6.08. The molecule has 1 heterocycles. The van der Waals surface area contributed by atoms with E-state index in [1.54, 1.807) is 33.1 Å². The minimum absolute atomic E-state index is 0.0658. The van der Waals surface area contributed by atoms with Crippen molar-refractivity contribution >= 4 is 16.9 Å². The van der Waals surface area contributed by atoms with Crippen LogP contribution in [0.5, 0.6) is 11.5 Å². The van der Waals surface area contributed by atoms with Gasteiger partial charge in [-0.2, -0.15) is 0 Å². The van der Waals surface area contributed by atoms with Gasteiger partial charge in [0.05, 0.1) is 11.7 Å². The van der Waals surface area contributed by atoms with Crippen molar-refractivity contribution in [2.75, 3.05) is 6.26 Å². The maximum atomic E-state index is 11.8. The van der Waals surface area contributed by atoms with Gasteiger partial charge in [0, 0.05) is 12.0 Å². The van der Waals surface area contributed by atoms with Gasteiger partial charge in [-0.15, -0.1) is 0 Å². The Bertz CT molecular complexity index is 537. The molecule has 2 N–H and O–H groups in total.